The normalized spacial score (nSPS) is 16.5. The molecular weight excluding hydrogens is 380 g/mol. The number of carbonyl (C=O) groups is 2. The smallest absolute Gasteiger partial charge is 0.338 e. The van der Waals surface area contributed by atoms with Crippen LogP contribution >= 0.6 is 11.6 Å². The second-order valence-electron chi connectivity index (χ2n) is 6.53. The van der Waals surface area contributed by atoms with Crippen molar-refractivity contribution in [3.63, 3.8) is 0 Å². The molecule has 0 saturated heterocycles. The van der Waals surface area contributed by atoms with E-state index in [1.165, 1.54) is 7.11 Å². The summed E-state index contributed by atoms with van der Waals surface area (Å²) in [5.41, 5.74) is 2.04. The third kappa shape index (κ3) is 4.12. The van der Waals surface area contributed by atoms with Gasteiger partial charge in [-0.25, -0.2) is 9.59 Å². The van der Waals surface area contributed by atoms with Crippen molar-refractivity contribution in [2.24, 2.45) is 0 Å². The summed E-state index contributed by atoms with van der Waals surface area (Å²) in [7, 11) is 1.30. The lowest BCUT2D eigenvalue weighted by molar-refractivity contribution is -0.136. The fourth-order valence-electron chi connectivity index (χ4n) is 3.02. The van der Waals surface area contributed by atoms with Crippen molar-refractivity contribution in [2.75, 3.05) is 7.11 Å². The number of amides is 2. The van der Waals surface area contributed by atoms with Crippen LogP contribution in [-0.4, -0.2) is 25.2 Å². The number of nitrogens with one attached hydrogen (secondary N) is 2. The van der Waals surface area contributed by atoms with Gasteiger partial charge in [0.05, 0.1) is 35.5 Å². The van der Waals surface area contributed by atoms with Crippen molar-refractivity contribution in [3.05, 3.63) is 70.3 Å². The summed E-state index contributed by atoms with van der Waals surface area (Å²) >= 11 is 6.36. The summed E-state index contributed by atoms with van der Waals surface area (Å²) in [5.74, 6) is -0.0115. The van der Waals surface area contributed by atoms with Crippen LogP contribution in [-0.2, 0) is 9.53 Å². The zero-order chi connectivity index (χ0) is 20.3. The number of urea groups is 1. The monoisotopic (exact) mass is 400 g/mol. The number of halogens is 1. The molecule has 6 nitrogen and oxygen atoms in total. The number of hydrogen-bond acceptors (Lipinski definition) is 4. The molecule has 146 valence electrons. The van der Waals surface area contributed by atoms with E-state index >= 15 is 0 Å². The van der Waals surface area contributed by atoms with E-state index in [0.717, 1.165) is 0 Å². The van der Waals surface area contributed by atoms with Crippen molar-refractivity contribution in [3.8, 4) is 5.75 Å². The van der Waals surface area contributed by atoms with Crippen molar-refractivity contribution in [1.82, 2.24) is 10.6 Å². The Kier molecular flexibility index (Phi) is 5.90. The topological polar surface area (TPSA) is 76.7 Å². The third-order valence-electron chi connectivity index (χ3n) is 4.19. The van der Waals surface area contributed by atoms with Gasteiger partial charge < -0.3 is 20.1 Å². The van der Waals surface area contributed by atoms with Crippen LogP contribution in [0.2, 0.25) is 5.02 Å². The molecule has 7 heteroatoms. The Morgan fingerprint density at radius 3 is 2.46 bits per heavy atom. The first kappa shape index (κ1) is 19.8. The summed E-state index contributed by atoms with van der Waals surface area (Å²) in [6.07, 6.45) is -0.0304. The molecule has 1 unspecified atom stereocenters. The zero-order valence-electron chi connectivity index (χ0n) is 15.8. The molecule has 0 aliphatic carbocycles. The first-order valence-electron chi connectivity index (χ1n) is 8.82. The van der Waals surface area contributed by atoms with E-state index < -0.39 is 18.0 Å². The predicted octanol–water partition coefficient (Wildman–Crippen LogP) is 4.07. The molecule has 0 saturated carbocycles. The van der Waals surface area contributed by atoms with Crippen LogP contribution in [0.25, 0.3) is 5.70 Å². The number of benzene rings is 2. The van der Waals surface area contributed by atoms with E-state index in [0.29, 0.717) is 33.2 Å². The minimum atomic E-state index is -0.720. The van der Waals surface area contributed by atoms with Crippen molar-refractivity contribution in [1.29, 1.82) is 0 Å². The Balaban J connectivity index is 2.11. The average Bonchev–Trinajstić information content (AvgIpc) is 2.68. The van der Waals surface area contributed by atoms with Gasteiger partial charge in [-0.1, -0.05) is 48.0 Å². The van der Waals surface area contributed by atoms with Crippen molar-refractivity contribution < 1.29 is 19.1 Å². The van der Waals surface area contributed by atoms with Crippen LogP contribution in [0.1, 0.15) is 31.0 Å². The van der Waals surface area contributed by atoms with Gasteiger partial charge in [-0.05, 0) is 37.1 Å². The first-order chi connectivity index (χ1) is 13.4. The van der Waals surface area contributed by atoms with Gasteiger partial charge in [0.2, 0.25) is 0 Å². The van der Waals surface area contributed by atoms with Crippen LogP contribution in [0.15, 0.2) is 54.1 Å². The Labute approximate surface area is 168 Å². The van der Waals surface area contributed by atoms with Gasteiger partial charge in [-0.3, -0.25) is 0 Å². The quantitative estimate of drug-likeness (QED) is 0.742. The van der Waals surface area contributed by atoms with E-state index in [2.05, 4.69) is 10.6 Å². The summed E-state index contributed by atoms with van der Waals surface area (Å²) in [6.45, 7) is 3.81. The fourth-order valence-corrected chi connectivity index (χ4v) is 3.26. The Bertz CT molecular complexity index is 925. The van der Waals surface area contributed by atoms with E-state index in [-0.39, 0.29) is 6.10 Å². The molecule has 1 heterocycles. The highest BCUT2D eigenvalue weighted by molar-refractivity contribution is 6.32. The molecule has 28 heavy (non-hydrogen) atoms. The SMILES string of the molecule is COC(=O)C1=C(c2ccccc2)NC(=O)NC1c1ccc(OC(C)C)c(Cl)c1. The highest BCUT2D eigenvalue weighted by Gasteiger charge is 2.34. The molecule has 1 aliphatic heterocycles. The molecule has 0 fully saturated rings. The number of carbonyl (C=O) groups excluding carboxylic acids is 2. The minimum Gasteiger partial charge on any atom is -0.489 e. The Morgan fingerprint density at radius 1 is 1.14 bits per heavy atom. The lowest BCUT2D eigenvalue weighted by Crippen LogP contribution is -2.45. The molecular formula is C21H21ClN2O4. The van der Waals surface area contributed by atoms with Gasteiger partial charge in [0.1, 0.15) is 5.75 Å². The second-order valence-corrected chi connectivity index (χ2v) is 6.94. The molecule has 0 radical (unpaired) electrons. The van der Waals surface area contributed by atoms with Crippen LogP contribution in [0, 0.1) is 0 Å². The van der Waals surface area contributed by atoms with Gasteiger partial charge in [-0.2, -0.15) is 0 Å². The molecule has 2 aromatic carbocycles. The van der Waals surface area contributed by atoms with E-state index in [9.17, 15) is 9.59 Å². The third-order valence-corrected chi connectivity index (χ3v) is 4.49. The van der Waals surface area contributed by atoms with Gasteiger partial charge in [0, 0.05) is 0 Å². The lowest BCUT2D eigenvalue weighted by Gasteiger charge is -2.29. The summed E-state index contributed by atoms with van der Waals surface area (Å²) in [6, 6.07) is 13.2. The van der Waals surface area contributed by atoms with E-state index in [4.69, 9.17) is 21.1 Å². The zero-order valence-corrected chi connectivity index (χ0v) is 16.5. The molecule has 2 aromatic rings. The van der Waals surface area contributed by atoms with E-state index in [1.54, 1.807) is 18.2 Å². The van der Waals surface area contributed by atoms with Crippen LogP contribution < -0.4 is 15.4 Å². The maximum Gasteiger partial charge on any atom is 0.338 e. The number of hydrogen-bond donors (Lipinski definition) is 2. The Hall–Kier alpha value is -2.99. The summed E-state index contributed by atoms with van der Waals surface area (Å²) in [4.78, 5) is 24.9. The average molecular weight is 401 g/mol. The van der Waals surface area contributed by atoms with Crippen LogP contribution in [0.5, 0.6) is 5.75 Å². The maximum atomic E-state index is 12.6. The highest BCUT2D eigenvalue weighted by Crippen LogP contribution is 2.35. The standard InChI is InChI=1S/C21H21ClN2O4/c1-12(2)28-16-10-9-14(11-15(16)22)19-17(20(25)27-3)18(23-21(26)24-19)13-7-5-4-6-8-13/h4-12,19H,1-3H3,(H2,23,24,26). The van der Waals surface area contributed by atoms with Crippen molar-refractivity contribution in [2.45, 2.75) is 26.0 Å². The van der Waals surface area contributed by atoms with Gasteiger partial charge in [0.25, 0.3) is 0 Å². The van der Waals surface area contributed by atoms with Crippen LogP contribution in [0.4, 0.5) is 4.79 Å². The summed E-state index contributed by atoms with van der Waals surface area (Å²) < 4.78 is 10.6. The molecule has 0 aromatic heterocycles. The molecule has 2 amide bonds. The Morgan fingerprint density at radius 2 is 1.86 bits per heavy atom. The first-order valence-corrected chi connectivity index (χ1v) is 9.20. The van der Waals surface area contributed by atoms with Crippen molar-refractivity contribution >= 4 is 29.3 Å². The number of rotatable bonds is 5. The van der Waals surface area contributed by atoms with E-state index in [1.807, 2.05) is 44.2 Å². The molecule has 1 atom stereocenters. The molecule has 1 aliphatic rings. The van der Waals surface area contributed by atoms with Gasteiger partial charge in [-0.15, -0.1) is 0 Å². The number of ether oxygens (including phenoxy) is 2. The molecule has 3 rings (SSSR count). The second kappa shape index (κ2) is 8.35. The highest BCUT2D eigenvalue weighted by atomic mass is 35.5. The molecule has 2 N–H and O–H groups in total. The lowest BCUT2D eigenvalue weighted by atomic mass is 9.92. The largest absolute Gasteiger partial charge is 0.489 e. The molecule has 0 bridgehead atoms. The molecule has 0 spiro atoms. The van der Waals surface area contributed by atoms with Gasteiger partial charge >= 0.3 is 12.0 Å². The van der Waals surface area contributed by atoms with Crippen LogP contribution in [0.3, 0.4) is 0 Å². The van der Waals surface area contributed by atoms with Gasteiger partial charge in [0.15, 0.2) is 0 Å². The summed E-state index contributed by atoms with van der Waals surface area (Å²) in [5, 5.41) is 5.89. The fraction of sp³-hybridized carbons (Fsp3) is 0.238. The minimum absolute atomic E-state index is 0.0304. The number of methoxy groups -OCH3 is 1. The predicted molar refractivity (Wildman–Crippen MR) is 107 cm³/mol. The maximum absolute atomic E-state index is 12.6. The number of esters is 1.